The minimum atomic E-state index is -0.639. The van der Waals surface area contributed by atoms with Crippen LogP contribution in [-0.4, -0.2) is 34.0 Å². The van der Waals surface area contributed by atoms with Crippen molar-refractivity contribution in [3.63, 3.8) is 0 Å². The molecule has 0 aliphatic heterocycles. The van der Waals surface area contributed by atoms with Crippen LogP contribution in [0.5, 0.6) is 5.75 Å². The number of para-hydroxylation sites is 1. The molecule has 1 amide bonds. The van der Waals surface area contributed by atoms with Crippen molar-refractivity contribution >= 4 is 16.8 Å². The maximum absolute atomic E-state index is 14.4. The molecule has 1 heterocycles. The lowest BCUT2D eigenvalue weighted by Gasteiger charge is -2.30. The van der Waals surface area contributed by atoms with Crippen LogP contribution in [0.3, 0.4) is 0 Å². The van der Waals surface area contributed by atoms with Gasteiger partial charge in [-0.2, -0.15) is 0 Å². The van der Waals surface area contributed by atoms with Gasteiger partial charge in [0, 0.05) is 6.54 Å². The van der Waals surface area contributed by atoms with Crippen molar-refractivity contribution in [3.8, 4) is 11.4 Å². The van der Waals surface area contributed by atoms with Crippen LogP contribution >= 0.6 is 0 Å². The van der Waals surface area contributed by atoms with Gasteiger partial charge in [-0.25, -0.2) is 9.37 Å². The highest BCUT2D eigenvalue weighted by atomic mass is 19.1. The van der Waals surface area contributed by atoms with E-state index in [1.165, 1.54) is 28.7 Å². The third-order valence-corrected chi connectivity index (χ3v) is 5.92. The fourth-order valence-corrected chi connectivity index (χ4v) is 4.16. The summed E-state index contributed by atoms with van der Waals surface area (Å²) in [6, 6.07) is 17.9. The molecule has 34 heavy (non-hydrogen) atoms. The van der Waals surface area contributed by atoms with Crippen molar-refractivity contribution < 1.29 is 13.9 Å². The number of nitrogens with zero attached hydrogens (tertiary/aromatic N) is 3. The molecule has 1 unspecified atom stereocenters. The molecule has 0 bridgehead atoms. The van der Waals surface area contributed by atoms with E-state index in [0.29, 0.717) is 34.7 Å². The van der Waals surface area contributed by atoms with Gasteiger partial charge in [-0.05, 0) is 62.7 Å². The molecule has 174 valence electrons. The highest BCUT2D eigenvalue weighted by Gasteiger charge is 2.28. The van der Waals surface area contributed by atoms with Crippen molar-refractivity contribution in [2.75, 3.05) is 13.7 Å². The lowest BCUT2D eigenvalue weighted by Crippen LogP contribution is -2.37. The van der Waals surface area contributed by atoms with E-state index in [9.17, 15) is 14.0 Å². The first-order valence-corrected chi connectivity index (χ1v) is 11.1. The molecular weight excluding hydrogens is 433 g/mol. The fourth-order valence-electron chi connectivity index (χ4n) is 4.16. The number of halogens is 1. The van der Waals surface area contributed by atoms with E-state index in [1.54, 1.807) is 43.3 Å². The Balaban J connectivity index is 1.97. The van der Waals surface area contributed by atoms with Crippen LogP contribution in [0.25, 0.3) is 16.6 Å². The number of aryl methyl sites for hydroxylation is 1. The molecule has 6 nitrogen and oxygen atoms in total. The first kappa shape index (κ1) is 23.2. The van der Waals surface area contributed by atoms with Crippen molar-refractivity contribution in [1.82, 2.24) is 14.5 Å². The maximum atomic E-state index is 14.4. The molecule has 0 saturated heterocycles. The summed E-state index contributed by atoms with van der Waals surface area (Å²) in [7, 11) is 1.54. The zero-order chi connectivity index (χ0) is 24.4. The molecule has 7 heteroatoms. The summed E-state index contributed by atoms with van der Waals surface area (Å²) in [5.74, 6) is -0.207. The largest absolute Gasteiger partial charge is 0.495 e. The lowest BCUT2D eigenvalue weighted by atomic mass is 10.1. The Labute approximate surface area is 197 Å². The monoisotopic (exact) mass is 459 g/mol. The molecule has 4 rings (SSSR count). The van der Waals surface area contributed by atoms with Crippen molar-refractivity contribution in [3.05, 3.63) is 99.9 Å². The van der Waals surface area contributed by atoms with Crippen LogP contribution in [0.4, 0.5) is 4.39 Å². The third-order valence-electron chi connectivity index (χ3n) is 5.92. The van der Waals surface area contributed by atoms with Crippen molar-refractivity contribution in [2.45, 2.75) is 26.8 Å². The Bertz CT molecular complexity index is 1430. The number of benzene rings is 3. The molecular formula is C27H26FN3O3. The van der Waals surface area contributed by atoms with Gasteiger partial charge in [-0.3, -0.25) is 14.2 Å². The first-order valence-electron chi connectivity index (χ1n) is 11.1. The molecule has 0 N–H and O–H groups in total. The molecule has 0 spiro atoms. The highest BCUT2D eigenvalue weighted by molar-refractivity contribution is 5.94. The summed E-state index contributed by atoms with van der Waals surface area (Å²) in [6.07, 6.45) is 0. The molecule has 0 aliphatic carbocycles. The highest BCUT2D eigenvalue weighted by Crippen LogP contribution is 2.29. The summed E-state index contributed by atoms with van der Waals surface area (Å²) in [4.78, 5) is 33.4. The van der Waals surface area contributed by atoms with Crippen LogP contribution in [0.15, 0.2) is 71.5 Å². The topological polar surface area (TPSA) is 64.4 Å². The van der Waals surface area contributed by atoms with Crippen LogP contribution in [0, 0.1) is 12.7 Å². The zero-order valence-electron chi connectivity index (χ0n) is 19.6. The molecule has 1 atom stereocenters. The Kier molecular flexibility index (Phi) is 6.45. The maximum Gasteiger partial charge on any atom is 0.266 e. The summed E-state index contributed by atoms with van der Waals surface area (Å²) in [5, 5.41) is 0.450. The summed E-state index contributed by atoms with van der Waals surface area (Å²) in [6.45, 7) is 5.82. The Morgan fingerprint density at radius 1 is 1.12 bits per heavy atom. The Morgan fingerprint density at radius 2 is 1.82 bits per heavy atom. The minimum absolute atomic E-state index is 0.0287. The molecule has 4 aromatic rings. The number of ether oxygens (including phenoxy) is 1. The fraction of sp³-hybridized carbons (Fsp3) is 0.222. The number of carbonyl (C=O) groups excluding carboxylic acids is 1. The van der Waals surface area contributed by atoms with Crippen molar-refractivity contribution in [1.29, 1.82) is 0 Å². The van der Waals surface area contributed by atoms with E-state index < -0.39 is 17.8 Å². The van der Waals surface area contributed by atoms with Crippen LogP contribution in [0.1, 0.15) is 41.6 Å². The average molecular weight is 460 g/mol. The summed E-state index contributed by atoms with van der Waals surface area (Å²) in [5.41, 5.74) is 1.68. The zero-order valence-corrected chi connectivity index (χ0v) is 19.6. The number of amides is 1. The first-order chi connectivity index (χ1) is 16.4. The number of carbonyl (C=O) groups is 1. The van der Waals surface area contributed by atoms with Gasteiger partial charge in [0.1, 0.15) is 17.4 Å². The molecule has 0 saturated carbocycles. The lowest BCUT2D eigenvalue weighted by molar-refractivity contribution is 0.0688. The molecule has 0 fully saturated rings. The Morgan fingerprint density at radius 3 is 2.53 bits per heavy atom. The van der Waals surface area contributed by atoms with Gasteiger partial charge in [0.15, 0.2) is 0 Å². The van der Waals surface area contributed by atoms with E-state index in [4.69, 9.17) is 9.72 Å². The van der Waals surface area contributed by atoms with Crippen LogP contribution in [0.2, 0.25) is 0 Å². The minimum Gasteiger partial charge on any atom is -0.495 e. The second kappa shape index (κ2) is 9.47. The summed E-state index contributed by atoms with van der Waals surface area (Å²) < 4.78 is 21.5. The number of hydrogen-bond acceptors (Lipinski definition) is 4. The van der Waals surface area contributed by atoms with E-state index in [-0.39, 0.29) is 11.1 Å². The predicted octanol–water partition coefficient (Wildman–Crippen LogP) is 5.07. The number of methoxy groups -OCH3 is 1. The van der Waals surface area contributed by atoms with Gasteiger partial charge in [0.05, 0.1) is 35.3 Å². The molecule has 3 aromatic carbocycles. The van der Waals surface area contributed by atoms with E-state index in [0.717, 1.165) is 5.56 Å². The average Bonchev–Trinajstić information content (AvgIpc) is 2.84. The van der Waals surface area contributed by atoms with E-state index >= 15 is 0 Å². The van der Waals surface area contributed by atoms with E-state index in [2.05, 4.69) is 0 Å². The number of fused-ring (bicyclic) bond motifs is 1. The molecule has 0 aliphatic rings. The summed E-state index contributed by atoms with van der Waals surface area (Å²) >= 11 is 0. The van der Waals surface area contributed by atoms with Crippen molar-refractivity contribution in [2.24, 2.45) is 0 Å². The van der Waals surface area contributed by atoms with Gasteiger partial charge in [0.2, 0.25) is 0 Å². The quantitative estimate of drug-likeness (QED) is 0.404. The van der Waals surface area contributed by atoms with Gasteiger partial charge < -0.3 is 9.64 Å². The van der Waals surface area contributed by atoms with Crippen LogP contribution < -0.4 is 10.3 Å². The number of aromatic nitrogens is 2. The molecule has 0 radical (unpaired) electrons. The van der Waals surface area contributed by atoms with Gasteiger partial charge >= 0.3 is 0 Å². The van der Waals surface area contributed by atoms with Gasteiger partial charge in [-0.1, -0.05) is 30.3 Å². The van der Waals surface area contributed by atoms with Crippen LogP contribution in [-0.2, 0) is 0 Å². The van der Waals surface area contributed by atoms with Gasteiger partial charge in [0.25, 0.3) is 11.5 Å². The predicted molar refractivity (Wildman–Crippen MR) is 130 cm³/mol. The number of rotatable bonds is 6. The van der Waals surface area contributed by atoms with Gasteiger partial charge in [-0.15, -0.1) is 0 Å². The second-order valence-corrected chi connectivity index (χ2v) is 8.05. The third kappa shape index (κ3) is 4.05. The number of hydrogen-bond donors (Lipinski definition) is 0. The molecule has 1 aromatic heterocycles. The second-order valence-electron chi connectivity index (χ2n) is 8.05. The Hall–Kier alpha value is -4.00. The SMILES string of the molecule is CCN(C(=O)c1ccccc1F)C(C)c1nc2ccccc2c(=O)n1-c1cc(C)ccc1OC. The van der Waals surface area contributed by atoms with E-state index in [1.807, 2.05) is 32.0 Å². The standard InChI is InChI=1S/C27H26FN3O3/c1-5-30(26(32)19-10-6-8-12-21(19)28)18(3)25-29-22-13-9-7-11-20(22)27(33)31(25)23-16-17(2)14-15-24(23)34-4/h6-16,18H,5H2,1-4H3. The smallest absolute Gasteiger partial charge is 0.266 e. The normalized spacial score (nSPS) is 11.9.